The first kappa shape index (κ1) is 11.5. The average Bonchev–Trinajstić information content (AvgIpc) is 3.09. The molecule has 0 atom stereocenters. The van der Waals surface area contributed by atoms with E-state index in [-0.39, 0.29) is 5.82 Å². The second-order valence-corrected chi connectivity index (χ2v) is 5.03. The molecule has 94 valence electrons. The van der Waals surface area contributed by atoms with Crippen LogP contribution in [0.4, 0.5) is 16.0 Å². The number of halogens is 2. The summed E-state index contributed by atoms with van der Waals surface area (Å²) < 4.78 is 15.7. The van der Waals surface area contributed by atoms with E-state index >= 15 is 0 Å². The molecule has 1 aliphatic carbocycles. The van der Waals surface area contributed by atoms with Crippen molar-refractivity contribution in [1.29, 1.82) is 0 Å². The molecule has 1 saturated carbocycles. The molecule has 1 aliphatic rings. The molecule has 18 heavy (non-hydrogen) atoms. The third kappa shape index (κ3) is 2.20. The lowest BCUT2D eigenvalue weighted by Gasteiger charge is -2.09. The minimum atomic E-state index is -0.331. The number of hydrogen-bond donors (Lipinski definition) is 1. The van der Waals surface area contributed by atoms with Crippen molar-refractivity contribution < 1.29 is 4.39 Å². The topological polar surface area (TPSA) is 29.9 Å². The Bertz CT molecular complexity index is 590. The van der Waals surface area contributed by atoms with Gasteiger partial charge in [0.15, 0.2) is 0 Å². The molecule has 0 spiro atoms. The third-order valence-electron chi connectivity index (χ3n) is 2.97. The van der Waals surface area contributed by atoms with E-state index in [9.17, 15) is 4.39 Å². The molecular formula is C13H13ClFN3. The Morgan fingerprint density at radius 3 is 2.94 bits per heavy atom. The molecule has 5 heteroatoms. The molecule has 0 unspecified atom stereocenters. The van der Waals surface area contributed by atoms with Crippen molar-refractivity contribution in [2.24, 2.45) is 0 Å². The van der Waals surface area contributed by atoms with Crippen molar-refractivity contribution in [2.75, 3.05) is 5.32 Å². The number of aromatic nitrogens is 2. The van der Waals surface area contributed by atoms with Gasteiger partial charge in [-0.25, -0.2) is 9.37 Å². The second-order valence-electron chi connectivity index (χ2n) is 4.59. The van der Waals surface area contributed by atoms with Crippen molar-refractivity contribution in [2.45, 2.75) is 25.8 Å². The van der Waals surface area contributed by atoms with Gasteiger partial charge >= 0.3 is 0 Å². The van der Waals surface area contributed by atoms with E-state index in [2.05, 4.69) is 14.9 Å². The highest BCUT2D eigenvalue weighted by atomic mass is 35.5. The number of nitrogens with one attached hydrogen (secondary N) is 1. The fourth-order valence-electron chi connectivity index (χ4n) is 1.95. The first-order valence-corrected chi connectivity index (χ1v) is 6.29. The summed E-state index contributed by atoms with van der Waals surface area (Å²) >= 11 is 5.87. The van der Waals surface area contributed by atoms with Crippen molar-refractivity contribution >= 4 is 23.2 Å². The Morgan fingerprint density at radius 1 is 1.44 bits per heavy atom. The fourth-order valence-corrected chi connectivity index (χ4v) is 2.13. The standard InChI is InChI=1S/C13H13ClFN3/c1-8-7-18(10-3-4-10)13(16-8)17-12-6-9(14)2-5-11(12)15/h2,5-7,10H,3-4H2,1H3,(H,16,17). The lowest BCUT2D eigenvalue weighted by molar-refractivity contribution is 0.631. The summed E-state index contributed by atoms with van der Waals surface area (Å²) in [6.45, 7) is 1.93. The van der Waals surface area contributed by atoms with Crippen LogP contribution < -0.4 is 5.32 Å². The van der Waals surface area contributed by atoms with E-state index in [0.29, 0.717) is 22.7 Å². The van der Waals surface area contributed by atoms with Crippen LogP contribution in [0.1, 0.15) is 24.6 Å². The maximum absolute atomic E-state index is 13.7. The molecule has 1 aromatic carbocycles. The summed E-state index contributed by atoms with van der Waals surface area (Å²) in [4.78, 5) is 4.38. The summed E-state index contributed by atoms with van der Waals surface area (Å²) in [5.41, 5.74) is 1.28. The molecular weight excluding hydrogens is 253 g/mol. The maximum Gasteiger partial charge on any atom is 0.207 e. The van der Waals surface area contributed by atoms with E-state index < -0.39 is 0 Å². The van der Waals surface area contributed by atoms with Crippen LogP contribution in [0.15, 0.2) is 24.4 Å². The zero-order chi connectivity index (χ0) is 12.7. The van der Waals surface area contributed by atoms with E-state index in [1.54, 1.807) is 6.07 Å². The first-order chi connectivity index (χ1) is 8.63. The van der Waals surface area contributed by atoms with Crippen LogP contribution in [0.2, 0.25) is 5.02 Å². The van der Waals surface area contributed by atoms with Gasteiger partial charge in [-0.05, 0) is 38.0 Å². The largest absolute Gasteiger partial charge is 0.323 e. The highest BCUT2D eigenvalue weighted by Crippen LogP contribution is 2.38. The molecule has 0 radical (unpaired) electrons. The van der Waals surface area contributed by atoms with Gasteiger partial charge in [-0.3, -0.25) is 0 Å². The lowest BCUT2D eigenvalue weighted by atomic mass is 10.3. The van der Waals surface area contributed by atoms with Gasteiger partial charge < -0.3 is 9.88 Å². The molecule has 0 bridgehead atoms. The van der Waals surface area contributed by atoms with Crippen molar-refractivity contribution in [3.63, 3.8) is 0 Å². The summed E-state index contributed by atoms with van der Waals surface area (Å²) in [6.07, 6.45) is 4.30. The summed E-state index contributed by atoms with van der Waals surface area (Å²) in [5, 5.41) is 3.52. The van der Waals surface area contributed by atoms with Gasteiger partial charge in [0.1, 0.15) is 5.82 Å². The van der Waals surface area contributed by atoms with Crippen molar-refractivity contribution in [3.05, 3.63) is 40.9 Å². The Morgan fingerprint density at radius 2 is 2.22 bits per heavy atom. The van der Waals surface area contributed by atoms with E-state index in [1.165, 1.54) is 12.1 Å². The van der Waals surface area contributed by atoms with E-state index in [0.717, 1.165) is 18.5 Å². The van der Waals surface area contributed by atoms with Gasteiger partial charge in [0.25, 0.3) is 0 Å². The lowest BCUT2D eigenvalue weighted by Crippen LogP contribution is -2.02. The Labute approximate surface area is 110 Å². The summed E-state index contributed by atoms with van der Waals surface area (Å²) in [5.74, 6) is 0.346. The molecule has 2 aromatic rings. The summed E-state index contributed by atoms with van der Waals surface area (Å²) in [6, 6.07) is 4.94. The highest BCUT2D eigenvalue weighted by molar-refractivity contribution is 6.30. The van der Waals surface area contributed by atoms with E-state index in [4.69, 9.17) is 11.6 Å². The molecule has 1 N–H and O–H groups in total. The molecule has 0 saturated heterocycles. The first-order valence-electron chi connectivity index (χ1n) is 5.91. The van der Waals surface area contributed by atoms with Crippen LogP contribution in [0, 0.1) is 12.7 Å². The van der Waals surface area contributed by atoms with Gasteiger partial charge in [-0.2, -0.15) is 0 Å². The molecule has 3 nitrogen and oxygen atoms in total. The number of anilines is 2. The van der Waals surface area contributed by atoms with Crippen molar-refractivity contribution in [3.8, 4) is 0 Å². The van der Waals surface area contributed by atoms with Crippen LogP contribution in [0.25, 0.3) is 0 Å². The minimum Gasteiger partial charge on any atom is -0.323 e. The average molecular weight is 266 g/mol. The Balaban J connectivity index is 1.94. The van der Waals surface area contributed by atoms with Crippen LogP contribution in [0.5, 0.6) is 0 Å². The zero-order valence-electron chi connectivity index (χ0n) is 9.95. The van der Waals surface area contributed by atoms with Crippen molar-refractivity contribution in [1.82, 2.24) is 9.55 Å². The van der Waals surface area contributed by atoms with Gasteiger partial charge in [0.05, 0.1) is 11.4 Å². The summed E-state index contributed by atoms with van der Waals surface area (Å²) in [7, 11) is 0. The van der Waals surface area contributed by atoms with Gasteiger partial charge in [0, 0.05) is 17.3 Å². The Kier molecular flexibility index (Phi) is 2.74. The molecule has 1 aromatic heterocycles. The van der Waals surface area contributed by atoms with E-state index in [1.807, 2.05) is 13.1 Å². The number of benzene rings is 1. The minimum absolute atomic E-state index is 0.331. The normalized spacial score (nSPS) is 14.8. The predicted octanol–water partition coefficient (Wildman–Crippen LogP) is 4.06. The van der Waals surface area contributed by atoms with Gasteiger partial charge in [-0.1, -0.05) is 11.6 Å². The molecule has 1 heterocycles. The maximum atomic E-state index is 13.7. The molecule has 3 rings (SSSR count). The quantitative estimate of drug-likeness (QED) is 0.907. The number of aryl methyl sites for hydroxylation is 1. The number of nitrogens with zero attached hydrogens (tertiary/aromatic N) is 2. The Hall–Kier alpha value is -1.55. The van der Waals surface area contributed by atoms with Crippen LogP contribution >= 0.6 is 11.6 Å². The van der Waals surface area contributed by atoms with Gasteiger partial charge in [-0.15, -0.1) is 0 Å². The van der Waals surface area contributed by atoms with Gasteiger partial charge in [0.2, 0.25) is 5.95 Å². The van der Waals surface area contributed by atoms with Crippen LogP contribution in [0.3, 0.4) is 0 Å². The smallest absolute Gasteiger partial charge is 0.207 e. The molecule has 0 aliphatic heterocycles. The molecule has 1 fully saturated rings. The number of rotatable bonds is 3. The third-order valence-corrected chi connectivity index (χ3v) is 3.20. The zero-order valence-corrected chi connectivity index (χ0v) is 10.7. The predicted molar refractivity (Wildman–Crippen MR) is 69.9 cm³/mol. The van der Waals surface area contributed by atoms with Crippen LogP contribution in [-0.4, -0.2) is 9.55 Å². The highest BCUT2D eigenvalue weighted by Gasteiger charge is 2.26. The van der Waals surface area contributed by atoms with Crippen LogP contribution in [-0.2, 0) is 0 Å². The fraction of sp³-hybridized carbons (Fsp3) is 0.308. The monoisotopic (exact) mass is 265 g/mol. The second kappa shape index (κ2) is 4.28. The SMILES string of the molecule is Cc1cn(C2CC2)c(Nc2cc(Cl)ccc2F)n1. The number of hydrogen-bond acceptors (Lipinski definition) is 2. The molecule has 0 amide bonds. The number of imidazole rings is 1.